The number of aliphatic hydroxyl groups excluding tert-OH is 1. The molecule has 2 heterocycles. The van der Waals surface area contributed by atoms with Crippen LogP contribution in [0.2, 0.25) is 0 Å². The van der Waals surface area contributed by atoms with Crippen molar-refractivity contribution in [2.45, 2.75) is 37.8 Å². The second-order valence-corrected chi connectivity index (χ2v) is 9.24. The summed E-state index contributed by atoms with van der Waals surface area (Å²) >= 11 is 0. The SMILES string of the molecule is C[C@@H]1Cc2c([nH]c3cccc(F)c23)C(c2c(F)ccc(OCCNCCCF)c2F)N1CC(F)(F)CO. The first-order chi connectivity index (χ1) is 17.7. The van der Waals surface area contributed by atoms with Crippen LogP contribution in [0.4, 0.5) is 26.3 Å². The molecule has 0 radical (unpaired) electrons. The van der Waals surface area contributed by atoms with Crippen molar-refractivity contribution < 1.29 is 36.2 Å². The van der Waals surface area contributed by atoms with Gasteiger partial charge in [-0.05, 0) is 56.1 Å². The van der Waals surface area contributed by atoms with Crippen molar-refractivity contribution in [1.29, 1.82) is 0 Å². The van der Waals surface area contributed by atoms with Gasteiger partial charge in [-0.25, -0.2) is 22.0 Å². The molecule has 0 amide bonds. The van der Waals surface area contributed by atoms with Gasteiger partial charge in [0.1, 0.15) is 24.8 Å². The maximum Gasteiger partial charge on any atom is 0.283 e. The molecule has 3 aromatic rings. The topological polar surface area (TPSA) is 60.5 Å². The predicted molar refractivity (Wildman–Crippen MR) is 127 cm³/mol. The summed E-state index contributed by atoms with van der Waals surface area (Å²) in [5.41, 5.74) is 0.521. The lowest BCUT2D eigenvalue weighted by molar-refractivity contribution is -0.0869. The van der Waals surface area contributed by atoms with Gasteiger partial charge in [-0.15, -0.1) is 0 Å². The number of aromatic nitrogens is 1. The summed E-state index contributed by atoms with van der Waals surface area (Å²) in [5, 5.41) is 12.4. The van der Waals surface area contributed by atoms with Crippen molar-refractivity contribution in [1.82, 2.24) is 15.2 Å². The lowest BCUT2D eigenvalue weighted by atomic mass is 9.87. The number of halogens is 6. The standard InChI is InChI=1S/C26H29F6N3O2/c1-15-12-16-21-17(28)4-2-5-19(21)34-24(16)25(35(15)13-26(31,32)14-36)22-18(29)6-7-20(23(22)30)37-11-10-33-9-3-8-27/h2,4-7,15,25,33-34,36H,3,8-14H2,1H3/t15-,25?/m1/s1. The largest absolute Gasteiger partial charge is 0.489 e. The van der Waals surface area contributed by atoms with E-state index in [2.05, 4.69) is 10.3 Å². The molecule has 0 fully saturated rings. The quantitative estimate of drug-likeness (QED) is 0.245. The molecule has 0 saturated carbocycles. The number of nitrogens with zero attached hydrogens (tertiary/aromatic N) is 1. The van der Waals surface area contributed by atoms with Gasteiger partial charge < -0.3 is 20.1 Å². The van der Waals surface area contributed by atoms with E-state index in [-0.39, 0.29) is 36.4 Å². The number of nitrogens with one attached hydrogen (secondary N) is 2. The molecule has 1 aromatic heterocycles. The zero-order valence-corrected chi connectivity index (χ0v) is 20.3. The number of rotatable bonds is 11. The van der Waals surface area contributed by atoms with E-state index in [4.69, 9.17) is 4.74 Å². The van der Waals surface area contributed by atoms with Crippen molar-refractivity contribution in [3.63, 3.8) is 0 Å². The third kappa shape index (κ3) is 5.58. The number of alkyl halides is 3. The summed E-state index contributed by atoms with van der Waals surface area (Å²) in [6.45, 7) is -0.588. The Balaban J connectivity index is 1.78. The van der Waals surface area contributed by atoms with Gasteiger partial charge in [0.25, 0.3) is 5.92 Å². The third-order valence-electron chi connectivity index (χ3n) is 6.61. The van der Waals surface area contributed by atoms with Crippen molar-refractivity contribution in [3.8, 4) is 5.75 Å². The first kappa shape index (κ1) is 27.3. The van der Waals surface area contributed by atoms with Crippen LogP contribution in [0, 0.1) is 17.5 Å². The highest BCUT2D eigenvalue weighted by Crippen LogP contribution is 2.44. The number of benzene rings is 2. The number of H-pyrrole nitrogens is 1. The highest BCUT2D eigenvalue weighted by molar-refractivity contribution is 5.86. The highest BCUT2D eigenvalue weighted by atomic mass is 19.3. The van der Waals surface area contributed by atoms with E-state index >= 15 is 8.78 Å². The third-order valence-corrected chi connectivity index (χ3v) is 6.61. The Labute approximate surface area is 210 Å². The molecule has 202 valence electrons. The molecule has 0 spiro atoms. The van der Waals surface area contributed by atoms with Crippen molar-refractivity contribution in [2.24, 2.45) is 0 Å². The summed E-state index contributed by atoms with van der Waals surface area (Å²) in [5.74, 6) is -6.40. The van der Waals surface area contributed by atoms with Gasteiger partial charge in [0.05, 0.1) is 24.8 Å². The normalized spacial score (nSPS) is 18.4. The van der Waals surface area contributed by atoms with Crippen molar-refractivity contribution in [2.75, 3.05) is 39.5 Å². The van der Waals surface area contributed by atoms with Gasteiger partial charge in [0.15, 0.2) is 11.6 Å². The Kier molecular flexibility index (Phi) is 8.35. The zero-order chi connectivity index (χ0) is 26.7. The van der Waals surface area contributed by atoms with Crippen LogP contribution in [0.3, 0.4) is 0 Å². The zero-order valence-electron chi connectivity index (χ0n) is 20.3. The van der Waals surface area contributed by atoms with E-state index in [1.54, 1.807) is 13.0 Å². The Morgan fingerprint density at radius 1 is 1.14 bits per heavy atom. The van der Waals surface area contributed by atoms with Crippen LogP contribution >= 0.6 is 0 Å². The second-order valence-electron chi connectivity index (χ2n) is 9.24. The van der Waals surface area contributed by atoms with Gasteiger partial charge in [-0.3, -0.25) is 9.29 Å². The summed E-state index contributed by atoms with van der Waals surface area (Å²) in [6, 6.07) is 4.42. The molecular formula is C26H29F6N3O2. The van der Waals surface area contributed by atoms with Crippen LogP contribution in [0.5, 0.6) is 5.75 Å². The van der Waals surface area contributed by atoms with Gasteiger partial charge in [0.2, 0.25) is 0 Å². The molecule has 37 heavy (non-hydrogen) atoms. The molecule has 2 aromatic carbocycles. The van der Waals surface area contributed by atoms with E-state index in [1.807, 2.05) is 0 Å². The minimum Gasteiger partial charge on any atom is -0.489 e. The number of hydrogen-bond acceptors (Lipinski definition) is 4. The molecule has 5 nitrogen and oxygen atoms in total. The molecule has 1 aliphatic heterocycles. The molecule has 4 rings (SSSR count). The van der Waals surface area contributed by atoms with Crippen molar-refractivity contribution >= 4 is 10.9 Å². The van der Waals surface area contributed by atoms with Gasteiger partial charge in [-0.1, -0.05) is 6.07 Å². The first-order valence-electron chi connectivity index (χ1n) is 12.1. The molecule has 1 unspecified atom stereocenters. The van der Waals surface area contributed by atoms with Crippen LogP contribution in [-0.2, 0) is 6.42 Å². The fraction of sp³-hybridized carbons (Fsp3) is 0.462. The Morgan fingerprint density at radius 2 is 1.92 bits per heavy atom. The Morgan fingerprint density at radius 3 is 2.65 bits per heavy atom. The van der Waals surface area contributed by atoms with E-state index in [1.165, 1.54) is 17.0 Å². The summed E-state index contributed by atoms with van der Waals surface area (Å²) in [4.78, 5) is 4.22. The molecule has 3 N–H and O–H groups in total. The van der Waals surface area contributed by atoms with E-state index < -0.39 is 60.8 Å². The minimum absolute atomic E-state index is 0.00446. The van der Waals surface area contributed by atoms with Crippen LogP contribution in [0.15, 0.2) is 30.3 Å². The van der Waals surface area contributed by atoms with Gasteiger partial charge in [-0.2, -0.15) is 0 Å². The molecule has 0 bridgehead atoms. The first-order valence-corrected chi connectivity index (χ1v) is 12.1. The summed E-state index contributed by atoms with van der Waals surface area (Å²) in [6.07, 6.45) is 0.467. The molecule has 0 saturated heterocycles. The van der Waals surface area contributed by atoms with Gasteiger partial charge in [0, 0.05) is 29.2 Å². The number of ether oxygens (including phenoxy) is 1. The maximum atomic E-state index is 15.8. The van der Waals surface area contributed by atoms with Crippen molar-refractivity contribution in [3.05, 3.63) is 64.6 Å². The fourth-order valence-electron chi connectivity index (χ4n) is 4.90. The average molecular weight is 530 g/mol. The number of aliphatic hydroxyl groups is 1. The minimum atomic E-state index is -3.55. The van der Waals surface area contributed by atoms with Gasteiger partial charge >= 0.3 is 0 Å². The highest BCUT2D eigenvalue weighted by Gasteiger charge is 2.44. The smallest absolute Gasteiger partial charge is 0.283 e. The molecule has 11 heteroatoms. The number of hydrogen-bond donors (Lipinski definition) is 3. The molecule has 1 aliphatic rings. The lowest BCUT2D eigenvalue weighted by Gasteiger charge is -2.42. The lowest BCUT2D eigenvalue weighted by Crippen LogP contribution is -2.49. The summed E-state index contributed by atoms with van der Waals surface area (Å²) < 4.78 is 92.4. The van der Waals surface area contributed by atoms with E-state index in [0.29, 0.717) is 24.0 Å². The number of fused-ring (bicyclic) bond motifs is 3. The molecule has 0 aliphatic carbocycles. The molecular weight excluding hydrogens is 500 g/mol. The van der Waals surface area contributed by atoms with E-state index in [0.717, 1.165) is 12.1 Å². The Hall–Kier alpha value is -2.76. The van der Waals surface area contributed by atoms with Crippen LogP contribution < -0.4 is 10.1 Å². The Bertz CT molecular complexity index is 1230. The predicted octanol–water partition coefficient (Wildman–Crippen LogP) is 4.88. The van der Waals surface area contributed by atoms with E-state index in [9.17, 15) is 22.7 Å². The summed E-state index contributed by atoms with van der Waals surface area (Å²) in [7, 11) is 0. The average Bonchev–Trinajstić information content (AvgIpc) is 3.23. The second kappa shape index (κ2) is 11.3. The molecule has 2 atom stereocenters. The maximum absolute atomic E-state index is 15.8. The monoisotopic (exact) mass is 529 g/mol. The van der Waals surface area contributed by atoms with Crippen LogP contribution in [-0.4, -0.2) is 66.5 Å². The fourth-order valence-corrected chi connectivity index (χ4v) is 4.90. The van der Waals surface area contributed by atoms with Crippen LogP contribution in [0.25, 0.3) is 10.9 Å². The number of aromatic amines is 1. The van der Waals surface area contributed by atoms with Crippen LogP contribution in [0.1, 0.15) is 36.2 Å².